The molecule has 2 saturated heterocycles. The Kier molecular flexibility index (Phi) is 11.6. The minimum absolute atomic E-state index is 0.460. The summed E-state index contributed by atoms with van der Waals surface area (Å²) in [5.74, 6) is 1.03. The van der Waals surface area contributed by atoms with Gasteiger partial charge in [0.15, 0.2) is 0 Å². The summed E-state index contributed by atoms with van der Waals surface area (Å²) in [6.45, 7) is 13.6. The van der Waals surface area contributed by atoms with Crippen LogP contribution in [0.2, 0.25) is 0 Å². The molecule has 0 spiro atoms. The van der Waals surface area contributed by atoms with E-state index in [1.807, 2.05) is 13.8 Å². The lowest BCUT2D eigenvalue weighted by Crippen LogP contribution is -2.44. The van der Waals surface area contributed by atoms with E-state index in [9.17, 15) is 0 Å². The second kappa shape index (κ2) is 15.1. The second-order valence-corrected chi connectivity index (χ2v) is 9.28. The highest BCUT2D eigenvalue weighted by Gasteiger charge is 2.29. The third-order valence-corrected chi connectivity index (χ3v) is 6.78. The maximum Gasteiger partial charge on any atom is 0.318 e. The highest BCUT2D eigenvalue weighted by molar-refractivity contribution is 5.94. The van der Waals surface area contributed by atoms with E-state index in [-0.39, 0.29) is 0 Å². The van der Waals surface area contributed by atoms with Crippen molar-refractivity contribution in [1.29, 1.82) is 5.26 Å². The van der Waals surface area contributed by atoms with Gasteiger partial charge in [0.2, 0.25) is 0 Å². The van der Waals surface area contributed by atoms with E-state index in [1.165, 1.54) is 54.9 Å². The van der Waals surface area contributed by atoms with Gasteiger partial charge in [0, 0.05) is 56.3 Å². The monoisotopic (exact) mass is 517 g/mol. The SMILES string of the molecule is CC.CC#N.CN1CCCC1.COc1nc2c(c(N3CCNCC3)n1)CN(c1cccc3ccccc13)C2. The average Bonchev–Trinajstić information content (AvgIpc) is 3.63. The van der Waals surface area contributed by atoms with Crippen LogP contribution in [-0.2, 0) is 13.1 Å². The van der Waals surface area contributed by atoms with Crippen molar-refractivity contribution in [1.82, 2.24) is 20.2 Å². The molecule has 2 aromatic carbocycles. The number of anilines is 2. The van der Waals surface area contributed by atoms with Crippen LogP contribution in [-0.4, -0.2) is 68.3 Å². The summed E-state index contributed by atoms with van der Waals surface area (Å²) in [6, 6.07) is 17.2. The number of rotatable bonds is 3. The molecule has 0 unspecified atom stereocenters. The highest BCUT2D eigenvalue weighted by atomic mass is 16.5. The fourth-order valence-electron chi connectivity index (χ4n) is 4.97. The van der Waals surface area contributed by atoms with Crippen molar-refractivity contribution in [2.45, 2.75) is 46.7 Å². The van der Waals surface area contributed by atoms with Gasteiger partial charge in [-0.1, -0.05) is 50.2 Å². The Morgan fingerprint density at radius 1 is 0.895 bits per heavy atom. The van der Waals surface area contributed by atoms with E-state index in [0.717, 1.165) is 50.8 Å². The fourth-order valence-corrected chi connectivity index (χ4v) is 4.97. The number of methoxy groups -OCH3 is 1. The van der Waals surface area contributed by atoms with Crippen LogP contribution in [0.25, 0.3) is 10.8 Å². The van der Waals surface area contributed by atoms with Gasteiger partial charge in [-0.2, -0.15) is 15.2 Å². The van der Waals surface area contributed by atoms with Crippen molar-refractivity contribution in [3.8, 4) is 12.1 Å². The van der Waals surface area contributed by atoms with Gasteiger partial charge in [-0.25, -0.2) is 0 Å². The predicted octanol–water partition coefficient (Wildman–Crippen LogP) is 4.84. The minimum Gasteiger partial charge on any atom is -0.467 e. The number of hydrogen-bond donors (Lipinski definition) is 1. The van der Waals surface area contributed by atoms with Gasteiger partial charge in [0.1, 0.15) is 5.82 Å². The van der Waals surface area contributed by atoms with E-state index in [0.29, 0.717) is 6.01 Å². The van der Waals surface area contributed by atoms with Crippen molar-refractivity contribution in [3.05, 3.63) is 53.7 Å². The van der Waals surface area contributed by atoms with E-state index in [2.05, 4.69) is 74.5 Å². The summed E-state index contributed by atoms with van der Waals surface area (Å²) in [6.07, 6.45) is 2.83. The van der Waals surface area contributed by atoms with Gasteiger partial charge < -0.3 is 24.8 Å². The summed E-state index contributed by atoms with van der Waals surface area (Å²) >= 11 is 0. The topological polar surface area (TPSA) is 80.5 Å². The number of likely N-dealkylation sites (tertiary alicyclic amines) is 1. The molecular formula is C30H43N7O. The summed E-state index contributed by atoms with van der Waals surface area (Å²) in [5, 5.41) is 13.3. The van der Waals surface area contributed by atoms with E-state index >= 15 is 0 Å². The van der Waals surface area contributed by atoms with Crippen LogP contribution < -0.4 is 19.9 Å². The molecule has 3 aliphatic heterocycles. The lowest BCUT2D eigenvalue weighted by Gasteiger charge is -2.30. The molecule has 2 fully saturated rings. The summed E-state index contributed by atoms with van der Waals surface area (Å²) in [5.41, 5.74) is 3.55. The summed E-state index contributed by atoms with van der Waals surface area (Å²) < 4.78 is 5.40. The zero-order valence-electron chi connectivity index (χ0n) is 23.7. The molecule has 0 saturated carbocycles. The Hall–Kier alpha value is -3.41. The first-order valence-corrected chi connectivity index (χ1v) is 13.8. The maximum absolute atomic E-state index is 7.32. The zero-order chi connectivity index (χ0) is 27.3. The molecule has 204 valence electrons. The fraction of sp³-hybridized carbons (Fsp3) is 0.500. The summed E-state index contributed by atoms with van der Waals surface area (Å²) in [4.78, 5) is 16.5. The molecule has 0 radical (unpaired) electrons. The number of piperazine rings is 1. The molecule has 0 aliphatic carbocycles. The Morgan fingerprint density at radius 2 is 1.55 bits per heavy atom. The van der Waals surface area contributed by atoms with Gasteiger partial charge in [-0.15, -0.1) is 0 Å². The molecule has 1 aromatic heterocycles. The van der Waals surface area contributed by atoms with Gasteiger partial charge >= 0.3 is 6.01 Å². The molecule has 6 rings (SSSR count). The lowest BCUT2D eigenvalue weighted by atomic mass is 10.1. The number of benzene rings is 2. The molecule has 38 heavy (non-hydrogen) atoms. The number of ether oxygens (including phenoxy) is 1. The molecule has 3 aromatic rings. The smallest absolute Gasteiger partial charge is 0.318 e. The predicted molar refractivity (Wildman–Crippen MR) is 157 cm³/mol. The van der Waals surface area contributed by atoms with Crippen LogP contribution in [0.1, 0.15) is 44.9 Å². The maximum atomic E-state index is 7.32. The van der Waals surface area contributed by atoms with Crippen LogP contribution in [0.5, 0.6) is 6.01 Å². The van der Waals surface area contributed by atoms with Crippen LogP contribution in [0.4, 0.5) is 11.5 Å². The first-order chi connectivity index (χ1) is 18.6. The van der Waals surface area contributed by atoms with Gasteiger partial charge in [-0.05, 0) is 44.4 Å². The molecule has 8 nitrogen and oxygen atoms in total. The van der Waals surface area contributed by atoms with Crippen LogP contribution in [0, 0.1) is 11.3 Å². The van der Waals surface area contributed by atoms with Crippen LogP contribution in [0.3, 0.4) is 0 Å². The summed E-state index contributed by atoms with van der Waals surface area (Å²) in [7, 11) is 3.81. The molecule has 4 heterocycles. The Bertz CT molecular complexity index is 1180. The number of nitrogens with zero attached hydrogens (tertiary/aromatic N) is 6. The first-order valence-electron chi connectivity index (χ1n) is 13.8. The van der Waals surface area contributed by atoms with Gasteiger partial charge in [0.05, 0.1) is 25.4 Å². The van der Waals surface area contributed by atoms with Gasteiger partial charge in [0.25, 0.3) is 0 Å². The quantitative estimate of drug-likeness (QED) is 0.529. The highest BCUT2D eigenvalue weighted by Crippen LogP contribution is 2.36. The van der Waals surface area contributed by atoms with Crippen molar-refractivity contribution in [3.63, 3.8) is 0 Å². The third-order valence-electron chi connectivity index (χ3n) is 6.78. The number of nitrogens with one attached hydrogen (secondary N) is 1. The van der Waals surface area contributed by atoms with Crippen molar-refractivity contribution < 1.29 is 4.74 Å². The standard InChI is InChI=1S/C21H23N5O.C5H11N.C2H3N.C2H6/c1-27-21-23-18-14-26(19-8-4-6-15-5-2-3-7-16(15)19)13-17(18)20(24-21)25-11-9-22-10-12-25;1-6-4-2-3-5-6;1-2-3;1-2/h2-8,22H,9-14H2,1H3;2-5H2,1H3;1H3;1-2H3. The second-order valence-electron chi connectivity index (χ2n) is 9.28. The van der Waals surface area contributed by atoms with E-state index in [1.54, 1.807) is 13.2 Å². The van der Waals surface area contributed by atoms with Crippen molar-refractivity contribution >= 4 is 22.3 Å². The van der Waals surface area contributed by atoms with Gasteiger partial charge in [-0.3, -0.25) is 0 Å². The average molecular weight is 518 g/mol. The molecule has 0 bridgehead atoms. The lowest BCUT2D eigenvalue weighted by molar-refractivity contribution is 0.377. The Labute approximate surface area is 228 Å². The molecule has 0 atom stereocenters. The Balaban J connectivity index is 0.000000309. The van der Waals surface area contributed by atoms with E-state index in [4.69, 9.17) is 15.0 Å². The molecule has 8 heteroatoms. The first kappa shape index (κ1) is 29.2. The normalized spacial score (nSPS) is 16.2. The van der Waals surface area contributed by atoms with Crippen LogP contribution >= 0.6 is 0 Å². The van der Waals surface area contributed by atoms with Crippen molar-refractivity contribution in [2.75, 3.05) is 63.2 Å². The number of nitriles is 1. The molecule has 3 aliphatic rings. The Morgan fingerprint density at radius 3 is 2.18 bits per heavy atom. The number of hydrogen-bond acceptors (Lipinski definition) is 8. The van der Waals surface area contributed by atoms with Crippen molar-refractivity contribution in [2.24, 2.45) is 0 Å². The minimum atomic E-state index is 0.460. The third kappa shape index (κ3) is 7.33. The molecular weight excluding hydrogens is 474 g/mol. The number of aromatic nitrogens is 2. The van der Waals surface area contributed by atoms with E-state index < -0.39 is 0 Å². The largest absolute Gasteiger partial charge is 0.467 e. The van der Waals surface area contributed by atoms with Crippen LogP contribution in [0.15, 0.2) is 42.5 Å². The molecule has 1 N–H and O–H groups in total. The number of fused-ring (bicyclic) bond motifs is 2. The zero-order valence-corrected chi connectivity index (χ0v) is 23.7. The molecule has 0 amide bonds.